The van der Waals surface area contributed by atoms with E-state index in [1.54, 1.807) is 6.21 Å². The number of nitrogens with zero attached hydrogens (tertiary/aromatic N) is 4. The van der Waals surface area contributed by atoms with Gasteiger partial charge in [0.2, 0.25) is 0 Å². The lowest BCUT2D eigenvalue weighted by atomic mass is 10.2. The molecule has 0 radical (unpaired) electrons. The SMILES string of the molecule is O=C(Cn1cncn1)N/N=C/c1ccccc1. The van der Waals surface area contributed by atoms with Gasteiger partial charge in [0.05, 0.1) is 6.21 Å². The van der Waals surface area contributed by atoms with Crippen molar-refractivity contribution >= 4 is 12.1 Å². The molecule has 0 spiro atoms. The van der Waals surface area contributed by atoms with Crippen molar-refractivity contribution in [2.45, 2.75) is 6.54 Å². The van der Waals surface area contributed by atoms with Crippen molar-refractivity contribution in [2.75, 3.05) is 0 Å². The Bertz CT molecular complexity index is 492. The summed E-state index contributed by atoms with van der Waals surface area (Å²) >= 11 is 0. The zero-order chi connectivity index (χ0) is 11.9. The van der Waals surface area contributed by atoms with E-state index in [0.717, 1.165) is 5.56 Å². The summed E-state index contributed by atoms with van der Waals surface area (Å²) in [5.74, 6) is -0.248. The lowest BCUT2D eigenvalue weighted by Gasteiger charge is -1.98. The van der Waals surface area contributed by atoms with Gasteiger partial charge in [0.1, 0.15) is 19.2 Å². The van der Waals surface area contributed by atoms with Gasteiger partial charge in [-0.3, -0.25) is 4.79 Å². The van der Waals surface area contributed by atoms with E-state index in [9.17, 15) is 4.79 Å². The van der Waals surface area contributed by atoms with Crippen LogP contribution in [0.2, 0.25) is 0 Å². The van der Waals surface area contributed by atoms with Crippen LogP contribution < -0.4 is 5.43 Å². The van der Waals surface area contributed by atoms with Gasteiger partial charge in [-0.25, -0.2) is 15.1 Å². The van der Waals surface area contributed by atoms with Crippen LogP contribution in [0.5, 0.6) is 0 Å². The topological polar surface area (TPSA) is 72.2 Å². The Balaban J connectivity index is 1.82. The number of amides is 1. The van der Waals surface area contributed by atoms with E-state index < -0.39 is 0 Å². The van der Waals surface area contributed by atoms with Gasteiger partial charge in [-0.2, -0.15) is 10.2 Å². The van der Waals surface area contributed by atoms with Crippen LogP contribution in [-0.4, -0.2) is 26.9 Å². The summed E-state index contributed by atoms with van der Waals surface area (Å²) in [4.78, 5) is 15.1. The van der Waals surface area contributed by atoms with Gasteiger partial charge in [-0.1, -0.05) is 30.3 Å². The molecule has 1 amide bonds. The predicted molar refractivity (Wildman–Crippen MR) is 62.2 cm³/mol. The number of hydrazone groups is 1. The van der Waals surface area contributed by atoms with Gasteiger partial charge in [0.15, 0.2) is 0 Å². The predicted octanol–water partition coefficient (Wildman–Crippen LogP) is 0.428. The van der Waals surface area contributed by atoms with E-state index >= 15 is 0 Å². The highest BCUT2D eigenvalue weighted by Crippen LogP contribution is 1.93. The number of rotatable bonds is 4. The molecule has 0 aliphatic rings. The molecule has 0 bridgehead atoms. The Morgan fingerprint density at radius 2 is 2.24 bits per heavy atom. The van der Waals surface area contributed by atoms with E-state index in [0.29, 0.717) is 0 Å². The summed E-state index contributed by atoms with van der Waals surface area (Å²) in [6, 6.07) is 9.51. The Labute approximate surface area is 98.0 Å². The van der Waals surface area contributed by atoms with Gasteiger partial charge in [0, 0.05) is 0 Å². The van der Waals surface area contributed by atoms with E-state index in [1.165, 1.54) is 17.3 Å². The second kappa shape index (κ2) is 5.55. The molecule has 6 heteroatoms. The quantitative estimate of drug-likeness (QED) is 0.610. The summed E-state index contributed by atoms with van der Waals surface area (Å²) in [6.45, 7) is 0.103. The molecule has 0 saturated carbocycles. The van der Waals surface area contributed by atoms with Crippen LogP contribution in [-0.2, 0) is 11.3 Å². The molecule has 1 N–H and O–H groups in total. The maximum absolute atomic E-state index is 11.4. The first kappa shape index (κ1) is 11.0. The zero-order valence-corrected chi connectivity index (χ0v) is 9.02. The van der Waals surface area contributed by atoms with E-state index in [1.807, 2.05) is 30.3 Å². The molecule has 17 heavy (non-hydrogen) atoms. The smallest absolute Gasteiger partial charge is 0.261 e. The molecule has 2 rings (SSSR count). The highest BCUT2D eigenvalue weighted by molar-refractivity contribution is 5.82. The summed E-state index contributed by atoms with van der Waals surface area (Å²) < 4.78 is 1.42. The summed E-state index contributed by atoms with van der Waals surface area (Å²) in [7, 11) is 0. The van der Waals surface area contributed by atoms with Gasteiger partial charge >= 0.3 is 0 Å². The molecule has 86 valence electrons. The average molecular weight is 229 g/mol. The first-order valence-electron chi connectivity index (χ1n) is 5.04. The number of aromatic nitrogens is 3. The van der Waals surface area contributed by atoms with Crippen molar-refractivity contribution in [3.63, 3.8) is 0 Å². The monoisotopic (exact) mass is 229 g/mol. The molecule has 0 unspecified atom stereocenters. The molecular weight excluding hydrogens is 218 g/mol. The lowest BCUT2D eigenvalue weighted by molar-refractivity contribution is -0.121. The average Bonchev–Trinajstić information content (AvgIpc) is 2.83. The van der Waals surface area contributed by atoms with Crippen LogP contribution in [0, 0.1) is 0 Å². The number of carbonyl (C=O) groups is 1. The Kier molecular flexibility index (Phi) is 3.59. The van der Waals surface area contributed by atoms with Crippen LogP contribution in [0.3, 0.4) is 0 Å². The standard InChI is InChI=1S/C11H11N5O/c17-11(7-16-9-12-8-14-16)15-13-6-10-4-2-1-3-5-10/h1-6,8-9H,7H2,(H,15,17)/b13-6+. The highest BCUT2D eigenvalue weighted by atomic mass is 16.2. The van der Waals surface area contributed by atoms with Crippen molar-refractivity contribution in [2.24, 2.45) is 5.10 Å². The zero-order valence-electron chi connectivity index (χ0n) is 9.02. The molecule has 2 aromatic rings. The number of nitrogens with one attached hydrogen (secondary N) is 1. The molecule has 1 aromatic heterocycles. The van der Waals surface area contributed by atoms with Gasteiger partial charge in [-0.05, 0) is 5.56 Å². The number of hydrogen-bond donors (Lipinski definition) is 1. The molecule has 0 aliphatic carbocycles. The Morgan fingerprint density at radius 1 is 1.41 bits per heavy atom. The Hall–Kier alpha value is -2.50. The van der Waals surface area contributed by atoms with Crippen molar-refractivity contribution < 1.29 is 4.79 Å². The maximum Gasteiger partial charge on any atom is 0.261 e. The van der Waals surface area contributed by atoms with Gasteiger partial charge in [-0.15, -0.1) is 0 Å². The van der Waals surface area contributed by atoms with Crippen LogP contribution in [0.4, 0.5) is 0 Å². The third-order valence-electron chi connectivity index (χ3n) is 1.97. The lowest BCUT2D eigenvalue weighted by Crippen LogP contribution is -2.23. The fourth-order valence-corrected chi connectivity index (χ4v) is 1.21. The number of benzene rings is 1. The van der Waals surface area contributed by atoms with Crippen LogP contribution >= 0.6 is 0 Å². The largest absolute Gasteiger partial charge is 0.271 e. The van der Waals surface area contributed by atoms with E-state index in [-0.39, 0.29) is 12.5 Å². The number of carbonyl (C=O) groups excluding carboxylic acids is 1. The molecule has 6 nitrogen and oxygen atoms in total. The maximum atomic E-state index is 11.4. The summed E-state index contributed by atoms with van der Waals surface area (Å²) in [5, 5.41) is 7.65. The van der Waals surface area contributed by atoms with Crippen LogP contribution in [0.1, 0.15) is 5.56 Å². The minimum absolute atomic E-state index is 0.103. The Morgan fingerprint density at radius 3 is 2.94 bits per heavy atom. The van der Waals surface area contributed by atoms with Gasteiger partial charge in [0.25, 0.3) is 5.91 Å². The fraction of sp³-hybridized carbons (Fsp3) is 0.0909. The van der Waals surface area contributed by atoms with Crippen LogP contribution in [0.25, 0.3) is 0 Å². The summed E-state index contributed by atoms with van der Waals surface area (Å²) in [5.41, 5.74) is 3.34. The van der Waals surface area contributed by atoms with Crippen molar-refractivity contribution in [1.82, 2.24) is 20.2 Å². The molecule has 1 heterocycles. The molecule has 0 atom stereocenters. The fourth-order valence-electron chi connectivity index (χ4n) is 1.21. The second-order valence-corrected chi connectivity index (χ2v) is 3.30. The summed E-state index contributed by atoms with van der Waals surface area (Å²) in [6.07, 6.45) is 4.43. The molecule has 0 saturated heterocycles. The third kappa shape index (κ3) is 3.53. The minimum atomic E-state index is -0.248. The van der Waals surface area contributed by atoms with Crippen molar-refractivity contribution in [3.05, 3.63) is 48.5 Å². The third-order valence-corrected chi connectivity index (χ3v) is 1.97. The first-order valence-corrected chi connectivity index (χ1v) is 5.04. The molecule has 0 aliphatic heterocycles. The second-order valence-electron chi connectivity index (χ2n) is 3.30. The number of hydrogen-bond acceptors (Lipinski definition) is 4. The minimum Gasteiger partial charge on any atom is -0.271 e. The van der Waals surface area contributed by atoms with Crippen molar-refractivity contribution in [1.29, 1.82) is 0 Å². The molecule has 1 aromatic carbocycles. The molecule has 0 fully saturated rings. The normalized spacial score (nSPS) is 10.6. The first-order chi connectivity index (χ1) is 8.34. The van der Waals surface area contributed by atoms with E-state index in [2.05, 4.69) is 20.6 Å². The molecular formula is C11H11N5O. The van der Waals surface area contributed by atoms with Crippen molar-refractivity contribution in [3.8, 4) is 0 Å². The van der Waals surface area contributed by atoms with Gasteiger partial charge < -0.3 is 0 Å². The van der Waals surface area contributed by atoms with Crippen LogP contribution in [0.15, 0.2) is 48.1 Å². The van der Waals surface area contributed by atoms with E-state index in [4.69, 9.17) is 0 Å². The highest BCUT2D eigenvalue weighted by Gasteiger charge is 2.00.